The number of nitrogens with two attached hydrogens (primary N) is 1. The molecule has 0 aliphatic rings. The molecule has 0 unspecified atom stereocenters. The van der Waals surface area contributed by atoms with Gasteiger partial charge in [0.25, 0.3) is 0 Å². The number of aliphatic carboxylic acids is 2. The monoisotopic (exact) mass is 889 g/mol. The Morgan fingerprint density at radius 1 is 0.565 bits per heavy atom. The van der Waals surface area contributed by atoms with Crippen molar-refractivity contribution < 1.29 is 53.8 Å². The van der Waals surface area contributed by atoms with E-state index in [1.54, 1.807) is 11.9 Å². The number of nitrogens with one attached hydrogen (secondary N) is 1. The Hall–Kier alpha value is -3.52. The number of carbonyl (C=O) groups is 6. The first-order chi connectivity index (χ1) is 29.7. The smallest absolute Gasteiger partial charge is 0.328 e. The highest BCUT2D eigenvalue weighted by Gasteiger charge is 2.08. The molecule has 0 radical (unpaired) electrons. The first kappa shape index (κ1) is 67.6. The maximum atomic E-state index is 11.7. The van der Waals surface area contributed by atoms with E-state index in [2.05, 4.69) is 52.3 Å². The summed E-state index contributed by atoms with van der Waals surface area (Å²) in [6, 6.07) is 0. The van der Waals surface area contributed by atoms with Crippen LogP contribution in [0.25, 0.3) is 0 Å². The van der Waals surface area contributed by atoms with Crippen molar-refractivity contribution >= 4 is 35.7 Å². The number of carbonyl (C=O) groups excluding carboxylic acids is 5. The molecule has 0 spiro atoms. The van der Waals surface area contributed by atoms with Crippen LogP contribution in [-0.4, -0.2) is 118 Å². The average Bonchev–Trinajstić information content (AvgIpc) is 3.23. The Morgan fingerprint density at radius 3 is 1.35 bits per heavy atom. The number of carboxylic acid groups (broad SMARTS) is 2. The van der Waals surface area contributed by atoms with Crippen molar-refractivity contribution in [3.63, 3.8) is 0 Å². The third kappa shape index (κ3) is 65.6. The van der Waals surface area contributed by atoms with Crippen LogP contribution in [0, 0.1) is 0 Å². The van der Waals surface area contributed by atoms with Crippen LogP contribution in [0.15, 0.2) is 12.2 Å². The summed E-state index contributed by atoms with van der Waals surface area (Å²) in [6.07, 6.45) is 24.1. The van der Waals surface area contributed by atoms with Crippen LogP contribution in [0.4, 0.5) is 0 Å². The maximum Gasteiger partial charge on any atom is 0.328 e. The van der Waals surface area contributed by atoms with Crippen molar-refractivity contribution in [1.29, 1.82) is 0 Å². The average molecular weight is 889 g/mol. The molecular weight excluding hydrogens is 793 g/mol. The van der Waals surface area contributed by atoms with Crippen LogP contribution in [-0.2, 0) is 38.2 Å². The van der Waals surface area contributed by atoms with Gasteiger partial charge in [0.15, 0.2) is 0 Å². The summed E-state index contributed by atoms with van der Waals surface area (Å²) in [5.74, 6) is -2.39. The van der Waals surface area contributed by atoms with Gasteiger partial charge in [0.05, 0.1) is 26.8 Å². The van der Waals surface area contributed by atoms with Gasteiger partial charge in [0.2, 0.25) is 11.8 Å². The number of likely N-dealkylation sites (N-methyl/N-ethyl adjacent to an activating group) is 1. The highest BCUT2D eigenvalue weighted by atomic mass is 16.5. The molecule has 14 nitrogen and oxygen atoms in total. The third-order valence-corrected chi connectivity index (χ3v) is 8.92. The number of amides is 2. The number of carboxylic acids is 2. The summed E-state index contributed by atoms with van der Waals surface area (Å²) in [4.78, 5) is 68.9. The fourth-order valence-corrected chi connectivity index (χ4v) is 5.27. The second-order valence-electron chi connectivity index (χ2n) is 15.3. The molecule has 0 saturated carbocycles. The van der Waals surface area contributed by atoms with E-state index in [0.29, 0.717) is 45.4 Å². The molecule has 0 heterocycles. The maximum absolute atomic E-state index is 11.7. The summed E-state index contributed by atoms with van der Waals surface area (Å²) in [5, 5.41) is 23.6. The molecule has 0 fully saturated rings. The Morgan fingerprint density at radius 2 is 1.00 bits per heavy atom. The fourth-order valence-electron chi connectivity index (χ4n) is 5.27. The molecule has 0 aromatic carbocycles. The van der Waals surface area contributed by atoms with Crippen molar-refractivity contribution in [2.45, 2.75) is 196 Å². The van der Waals surface area contributed by atoms with Crippen LogP contribution in [0.2, 0.25) is 0 Å². The number of hydrogen-bond acceptors (Lipinski definition) is 10. The van der Waals surface area contributed by atoms with Crippen LogP contribution in [0.5, 0.6) is 0 Å². The molecule has 0 aromatic heterocycles. The normalized spacial score (nSPS) is 10.0. The van der Waals surface area contributed by atoms with E-state index in [0.717, 1.165) is 95.9 Å². The molecule has 0 aliphatic heterocycles. The van der Waals surface area contributed by atoms with E-state index < -0.39 is 11.9 Å². The van der Waals surface area contributed by atoms with Gasteiger partial charge in [-0.15, -0.1) is 0 Å². The minimum absolute atomic E-state index is 0.0738. The predicted molar refractivity (Wildman–Crippen MR) is 250 cm³/mol. The minimum atomic E-state index is -1.10. The minimum Gasteiger partial charge on any atom is -0.550 e. The predicted octanol–water partition coefficient (Wildman–Crippen LogP) is 7.22. The number of esters is 2. The number of ether oxygens (including phenoxy) is 2. The lowest BCUT2D eigenvalue weighted by molar-refractivity contribution is -0.626. The number of nitrogens with zero attached hydrogens (tertiary/aromatic N) is 2. The quantitative estimate of drug-likeness (QED) is 0.0335. The molecule has 0 aromatic rings. The summed E-state index contributed by atoms with van der Waals surface area (Å²) < 4.78 is 10.3. The lowest BCUT2D eigenvalue weighted by atomic mass is 10.1. The molecule has 62 heavy (non-hydrogen) atoms. The Bertz CT molecular complexity index is 1050. The summed E-state index contributed by atoms with van der Waals surface area (Å²) >= 11 is 0. The van der Waals surface area contributed by atoms with E-state index in [-0.39, 0.29) is 30.2 Å². The highest BCUT2D eigenvalue weighted by Crippen LogP contribution is 2.08. The number of rotatable bonds is 34. The first-order valence-corrected chi connectivity index (χ1v) is 24.0. The molecule has 2 amide bonds. The van der Waals surface area contributed by atoms with Crippen molar-refractivity contribution in [2.75, 3.05) is 67.6 Å². The molecule has 0 atom stereocenters. The summed E-state index contributed by atoms with van der Waals surface area (Å²) in [5.41, 5.74) is 0. The third-order valence-electron chi connectivity index (χ3n) is 8.92. The van der Waals surface area contributed by atoms with E-state index in [4.69, 9.17) is 14.6 Å². The number of hydrogen-bond donors (Lipinski definition) is 3. The zero-order valence-corrected chi connectivity index (χ0v) is 41.5. The van der Waals surface area contributed by atoms with Crippen molar-refractivity contribution in [3.05, 3.63) is 12.2 Å². The molecule has 0 saturated heterocycles. The van der Waals surface area contributed by atoms with Crippen molar-refractivity contribution in [3.8, 4) is 0 Å². The molecule has 4 N–H and O–H groups in total. The number of unbranched alkanes of at least 4 members (excludes halogenated alkanes) is 12. The van der Waals surface area contributed by atoms with Crippen molar-refractivity contribution in [1.82, 2.24) is 15.1 Å². The van der Waals surface area contributed by atoms with Gasteiger partial charge in [-0.3, -0.25) is 19.2 Å². The lowest BCUT2D eigenvalue weighted by Crippen LogP contribution is -2.79. The van der Waals surface area contributed by atoms with Gasteiger partial charge in [-0.05, 0) is 97.1 Å². The topological polar surface area (TPSA) is 199 Å². The first-order valence-electron chi connectivity index (χ1n) is 24.0. The van der Waals surface area contributed by atoms with Crippen LogP contribution in [0.3, 0.4) is 0 Å². The van der Waals surface area contributed by atoms with Gasteiger partial charge in [0, 0.05) is 64.6 Å². The largest absolute Gasteiger partial charge is 0.550 e. The zero-order chi connectivity index (χ0) is 48.1. The molecule has 14 heteroatoms. The molecule has 0 bridgehead atoms. The summed E-state index contributed by atoms with van der Waals surface area (Å²) in [7, 11) is 7.54. The van der Waals surface area contributed by atoms with Gasteiger partial charge in [-0.1, -0.05) is 92.9 Å². The number of quaternary nitrogens is 1. The summed E-state index contributed by atoms with van der Waals surface area (Å²) in [6.45, 7) is 17.5. The zero-order valence-electron chi connectivity index (χ0n) is 41.5. The van der Waals surface area contributed by atoms with E-state index >= 15 is 0 Å². The second kappa shape index (κ2) is 57.5. The van der Waals surface area contributed by atoms with Crippen LogP contribution >= 0.6 is 0 Å². The SMILES string of the molecule is CCCCCCCC(=O)OCCCCCC(=O)N(C)CCC.CCCCCCCC(=O)OCCCCCC(=O)[O-].CCCN(C)C(=O)/C=C/C(=O)O.CCCNC.CCC[NH2+]C. The van der Waals surface area contributed by atoms with E-state index in [1.807, 2.05) is 21.0 Å². The fraction of sp³-hybridized carbons (Fsp3) is 0.833. The van der Waals surface area contributed by atoms with Gasteiger partial charge < -0.3 is 44.9 Å². The molecule has 0 rings (SSSR count). The second-order valence-corrected chi connectivity index (χ2v) is 15.3. The Balaban J connectivity index is -0.000000242. The lowest BCUT2D eigenvalue weighted by Gasteiger charge is -2.15. The van der Waals surface area contributed by atoms with Gasteiger partial charge in [-0.25, -0.2) is 4.79 Å². The van der Waals surface area contributed by atoms with Gasteiger partial charge in [-0.2, -0.15) is 0 Å². The van der Waals surface area contributed by atoms with Crippen LogP contribution in [0.1, 0.15) is 196 Å². The van der Waals surface area contributed by atoms with Gasteiger partial charge >= 0.3 is 17.9 Å². The Kier molecular flexibility index (Phi) is 62.6. The van der Waals surface area contributed by atoms with Gasteiger partial charge in [0.1, 0.15) is 0 Å². The van der Waals surface area contributed by atoms with E-state index in [1.165, 1.54) is 62.8 Å². The standard InChI is InChI=1S/C18H35NO3.C14H26O4.C8H13NO3.2C4H11N/c1-4-6-7-8-11-14-18(21)22-16-12-9-10-13-17(20)19(3)15-5-2;1-2-3-4-5-8-11-14(17)18-12-9-6-7-10-13(15)16;1-3-6-9(2)7(10)4-5-8(11)12;2*1-3-4-5-2/h4-16H2,1-3H3;2-12H2,1H3,(H,15,16);4-5H,3,6H2,1-2H3,(H,11,12);2*5H,3-4H2,1-2H3/b;;5-4+;;. The molecule has 0 aliphatic carbocycles. The Labute approximate surface area is 379 Å². The molecular formula is C48H96N4O10. The highest BCUT2D eigenvalue weighted by molar-refractivity contribution is 5.93. The van der Waals surface area contributed by atoms with Crippen LogP contribution < -0.4 is 15.7 Å². The molecule has 368 valence electrons. The van der Waals surface area contributed by atoms with Crippen molar-refractivity contribution in [2.24, 2.45) is 0 Å². The van der Waals surface area contributed by atoms with E-state index in [9.17, 15) is 33.9 Å².